The first kappa shape index (κ1) is 13.0. The van der Waals surface area contributed by atoms with Crippen LogP contribution in [0, 0.1) is 0 Å². The molecule has 10 heavy (non-hydrogen) atoms. The first-order chi connectivity index (χ1) is 4.50. The average Bonchev–Trinajstić information content (AvgIpc) is 1.62. The molecule has 0 aromatic rings. The number of thiol groups is 1. The Kier molecular flexibility index (Phi) is 12.2. The number of aliphatic hydroxyl groups is 2. The van der Waals surface area contributed by atoms with Gasteiger partial charge in [0.05, 0.1) is 0 Å². The van der Waals surface area contributed by atoms with E-state index in [-0.39, 0.29) is 0 Å². The molecule has 0 saturated carbocycles. The van der Waals surface area contributed by atoms with Gasteiger partial charge in [0.15, 0.2) is 6.29 Å². The van der Waals surface area contributed by atoms with Gasteiger partial charge in [-0.2, -0.15) is 0 Å². The molecular formula is C6H14O2S2. The summed E-state index contributed by atoms with van der Waals surface area (Å²) >= 11 is 8.10. The van der Waals surface area contributed by atoms with Gasteiger partial charge < -0.3 is 10.2 Å². The van der Waals surface area contributed by atoms with E-state index < -0.39 is 6.29 Å². The molecule has 0 rings (SSSR count). The molecule has 0 aliphatic heterocycles. The molecule has 0 unspecified atom stereocenters. The van der Waals surface area contributed by atoms with Crippen LogP contribution in [-0.2, 0) is 0 Å². The van der Waals surface area contributed by atoms with E-state index in [0.29, 0.717) is 10.6 Å². The second-order valence-electron chi connectivity index (χ2n) is 1.79. The van der Waals surface area contributed by atoms with Crippen molar-refractivity contribution in [3.05, 3.63) is 0 Å². The van der Waals surface area contributed by atoms with Crippen molar-refractivity contribution in [1.82, 2.24) is 0 Å². The molecule has 2 nitrogen and oxygen atoms in total. The van der Waals surface area contributed by atoms with Crippen LogP contribution >= 0.6 is 24.8 Å². The molecule has 0 atom stereocenters. The number of rotatable bonds is 2. The molecule has 0 aromatic heterocycles. The standard InChI is InChI=1S/C4H10O2.C2H4S2/c1-2-3-4(5)6;1-2(3)4/h4-6H,2-3H2,1H3;1H3,(H,3,4). The van der Waals surface area contributed by atoms with Crippen molar-refractivity contribution < 1.29 is 10.2 Å². The molecule has 62 valence electrons. The minimum atomic E-state index is -1.10. The molecule has 0 aliphatic rings. The highest BCUT2D eigenvalue weighted by atomic mass is 32.1. The van der Waals surface area contributed by atoms with Gasteiger partial charge in [-0.1, -0.05) is 25.6 Å². The fourth-order valence-electron chi connectivity index (χ4n) is 0.258. The number of aliphatic hydroxyl groups excluding tert-OH is 1. The van der Waals surface area contributed by atoms with Crippen LogP contribution in [0.1, 0.15) is 26.7 Å². The predicted molar refractivity (Wildman–Crippen MR) is 50.4 cm³/mol. The van der Waals surface area contributed by atoms with Gasteiger partial charge in [-0.05, 0) is 13.3 Å². The summed E-state index contributed by atoms with van der Waals surface area (Å²) in [4.78, 5) is 0. The van der Waals surface area contributed by atoms with Crippen molar-refractivity contribution in [2.75, 3.05) is 0 Å². The van der Waals surface area contributed by atoms with E-state index in [9.17, 15) is 0 Å². The van der Waals surface area contributed by atoms with Crippen molar-refractivity contribution in [3.8, 4) is 0 Å². The Hall–Kier alpha value is 0.360. The highest BCUT2D eigenvalue weighted by Crippen LogP contribution is 1.88. The third kappa shape index (κ3) is 40.1. The summed E-state index contributed by atoms with van der Waals surface area (Å²) in [5, 5.41) is 16.2. The van der Waals surface area contributed by atoms with Crippen LogP contribution in [0.15, 0.2) is 0 Å². The van der Waals surface area contributed by atoms with Crippen molar-refractivity contribution in [3.63, 3.8) is 0 Å². The monoisotopic (exact) mass is 182 g/mol. The van der Waals surface area contributed by atoms with Crippen LogP contribution < -0.4 is 0 Å². The minimum absolute atomic E-state index is 0.486. The SMILES string of the molecule is CC(=S)S.CCCC(O)O. The van der Waals surface area contributed by atoms with E-state index in [1.165, 1.54) is 0 Å². The van der Waals surface area contributed by atoms with Crippen molar-refractivity contribution in [2.24, 2.45) is 0 Å². The predicted octanol–water partition coefficient (Wildman–Crippen LogP) is 1.36. The maximum Gasteiger partial charge on any atom is 0.151 e. The van der Waals surface area contributed by atoms with Crippen LogP contribution in [-0.4, -0.2) is 20.7 Å². The molecular weight excluding hydrogens is 168 g/mol. The molecule has 2 N–H and O–H groups in total. The molecule has 0 bridgehead atoms. The summed E-state index contributed by atoms with van der Waals surface area (Å²) < 4.78 is 0.694. The Morgan fingerprint density at radius 3 is 1.90 bits per heavy atom. The second kappa shape index (κ2) is 9.36. The summed E-state index contributed by atoms with van der Waals surface area (Å²) in [6.07, 6.45) is 0.215. The van der Waals surface area contributed by atoms with Gasteiger partial charge in [0, 0.05) is 4.20 Å². The summed E-state index contributed by atoms with van der Waals surface area (Å²) in [6, 6.07) is 0. The van der Waals surface area contributed by atoms with Crippen molar-refractivity contribution in [1.29, 1.82) is 0 Å². The fraction of sp³-hybridized carbons (Fsp3) is 0.833. The lowest BCUT2D eigenvalue weighted by Crippen LogP contribution is -2.01. The fourth-order valence-corrected chi connectivity index (χ4v) is 0.258. The van der Waals surface area contributed by atoms with Crippen LogP contribution in [0.25, 0.3) is 0 Å². The molecule has 4 heteroatoms. The second-order valence-corrected chi connectivity index (χ2v) is 3.37. The quantitative estimate of drug-likeness (QED) is 0.343. The van der Waals surface area contributed by atoms with Crippen molar-refractivity contribution >= 4 is 29.0 Å². The van der Waals surface area contributed by atoms with Crippen LogP contribution in [0.4, 0.5) is 0 Å². The highest BCUT2D eigenvalue weighted by Gasteiger charge is 1.89. The summed E-state index contributed by atoms with van der Waals surface area (Å²) in [6.45, 7) is 3.66. The first-order valence-electron chi connectivity index (χ1n) is 3.06. The third-order valence-electron chi connectivity index (χ3n) is 0.547. The summed E-state index contributed by atoms with van der Waals surface area (Å²) in [5.74, 6) is 0. The first-order valence-corrected chi connectivity index (χ1v) is 3.91. The molecule has 0 amide bonds. The van der Waals surface area contributed by atoms with Crippen LogP contribution in [0.5, 0.6) is 0 Å². The Morgan fingerprint density at radius 2 is 1.90 bits per heavy atom. The smallest absolute Gasteiger partial charge is 0.151 e. The lowest BCUT2D eigenvalue weighted by Gasteiger charge is -1.94. The van der Waals surface area contributed by atoms with Crippen LogP contribution in [0.2, 0.25) is 0 Å². The molecule has 0 aliphatic carbocycles. The largest absolute Gasteiger partial charge is 0.368 e. The third-order valence-corrected chi connectivity index (χ3v) is 0.547. The average molecular weight is 182 g/mol. The summed E-state index contributed by atoms with van der Waals surface area (Å²) in [5.41, 5.74) is 0. The highest BCUT2D eigenvalue weighted by molar-refractivity contribution is 8.11. The maximum atomic E-state index is 8.11. The Morgan fingerprint density at radius 1 is 1.60 bits per heavy atom. The minimum Gasteiger partial charge on any atom is -0.368 e. The lowest BCUT2D eigenvalue weighted by molar-refractivity contribution is -0.0453. The number of thiocarbonyl (C=S) groups is 1. The van der Waals surface area contributed by atoms with Gasteiger partial charge in [0.25, 0.3) is 0 Å². The molecule has 0 heterocycles. The van der Waals surface area contributed by atoms with Gasteiger partial charge in [-0.15, -0.1) is 12.6 Å². The molecule has 0 fully saturated rings. The van der Waals surface area contributed by atoms with Gasteiger partial charge in [-0.25, -0.2) is 0 Å². The van der Waals surface area contributed by atoms with Gasteiger partial charge in [-0.3, -0.25) is 0 Å². The van der Waals surface area contributed by atoms with Gasteiger partial charge >= 0.3 is 0 Å². The Bertz CT molecular complexity index is 79.8. The van der Waals surface area contributed by atoms with E-state index in [0.717, 1.165) is 6.42 Å². The van der Waals surface area contributed by atoms with E-state index in [4.69, 9.17) is 10.2 Å². The van der Waals surface area contributed by atoms with E-state index >= 15 is 0 Å². The summed E-state index contributed by atoms with van der Waals surface area (Å²) in [7, 11) is 0. The molecule has 0 saturated heterocycles. The lowest BCUT2D eigenvalue weighted by atomic mass is 10.3. The molecule has 0 aromatic carbocycles. The van der Waals surface area contributed by atoms with Gasteiger partial charge in [0.1, 0.15) is 0 Å². The topological polar surface area (TPSA) is 40.5 Å². The van der Waals surface area contributed by atoms with Crippen LogP contribution in [0.3, 0.4) is 0 Å². The maximum absolute atomic E-state index is 8.11. The van der Waals surface area contributed by atoms with Gasteiger partial charge in [0.2, 0.25) is 0 Å². The molecule has 0 radical (unpaired) electrons. The zero-order valence-corrected chi connectivity index (χ0v) is 7.95. The zero-order chi connectivity index (χ0) is 8.57. The Balaban J connectivity index is 0. The van der Waals surface area contributed by atoms with E-state index in [2.05, 4.69) is 24.8 Å². The Labute approximate surface area is 72.7 Å². The normalized spacial score (nSPS) is 8.60. The van der Waals surface area contributed by atoms with E-state index in [1.54, 1.807) is 6.92 Å². The number of hydrogen-bond acceptors (Lipinski definition) is 3. The zero-order valence-electron chi connectivity index (χ0n) is 6.24. The number of hydrogen-bond donors (Lipinski definition) is 3. The van der Waals surface area contributed by atoms with E-state index in [1.807, 2.05) is 6.92 Å². The molecule has 0 spiro atoms. The van der Waals surface area contributed by atoms with Crippen molar-refractivity contribution in [2.45, 2.75) is 33.0 Å².